The van der Waals surface area contributed by atoms with Crippen molar-refractivity contribution >= 4 is 19.7 Å². The van der Waals surface area contributed by atoms with Crippen LogP contribution in [0.4, 0.5) is 4.39 Å². The van der Waals surface area contributed by atoms with Crippen LogP contribution in [0.25, 0.3) is 22.4 Å². The van der Waals surface area contributed by atoms with Gasteiger partial charge in [0.25, 0.3) is 5.91 Å². The summed E-state index contributed by atoms with van der Waals surface area (Å²) in [5.74, 6) is -2.35. The summed E-state index contributed by atoms with van der Waals surface area (Å²) < 4.78 is 16.1. The van der Waals surface area contributed by atoms with Crippen LogP contribution in [0.2, 0.25) is 5.82 Å². The summed E-state index contributed by atoms with van der Waals surface area (Å²) in [4.78, 5) is 25.2. The van der Waals surface area contributed by atoms with Crippen molar-refractivity contribution in [1.82, 2.24) is 9.88 Å². The topological polar surface area (TPSA) is 91.6 Å². The first-order chi connectivity index (χ1) is 21.1. The highest BCUT2D eigenvalue weighted by atomic mass is 19.1. The maximum atomic E-state index is 14.2. The maximum Gasteiger partial charge on any atom is 0.305 e. The van der Waals surface area contributed by atoms with Crippen molar-refractivity contribution in [3.8, 4) is 22.4 Å². The standard InChI is InChI=1S/C34H38BFN2O4.C2H6/c1-5-10-27(11-6-2)37-34(42)31-30(23-12-8-7-9-13-23)33(24-14-16-26(36)17-15-24)38(32(31)22(3)4)19-18-25(35)20-28(39)21-29(40)41;1-2/h5-17,22,25,28,39H,1,18-21H2,2-4H3,(H,37,42)(H,40,41);1-2H3/b11-6-,27-10+;/t25-,28-;/m1./s1. The van der Waals surface area contributed by atoms with Crippen molar-refractivity contribution in [3.63, 3.8) is 0 Å². The Balaban J connectivity index is 0.00000330. The van der Waals surface area contributed by atoms with E-state index in [0.29, 0.717) is 29.8 Å². The van der Waals surface area contributed by atoms with Crippen LogP contribution in [0, 0.1) is 5.82 Å². The van der Waals surface area contributed by atoms with E-state index in [4.69, 9.17) is 13.0 Å². The number of nitrogens with zero attached hydrogens (tertiary/aromatic N) is 1. The van der Waals surface area contributed by atoms with Crippen molar-refractivity contribution in [2.75, 3.05) is 0 Å². The minimum absolute atomic E-state index is 0.0928. The van der Waals surface area contributed by atoms with Gasteiger partial charge in [-0.1, -0.05) is 82.6 Å². The third kappa shape index (κ3) is 9.68. The molecule has 0 saturated carbocycles. The van der Waals surface area contributed by atoms with Crippen LogP contribution in [0.3, 0.4) is 0 Å². The van der Waals surface area contributed by atoms with Gasteiger partial charge in [-0.3, -0.25) is 9.59 Å². The van der Waals surface area contributed by atoms with Gasteiger partial charge in [-0.2, -0.15) is 0 Å². The smallest absolute Gasteiger partial charge is 0.305 e. The van der Waals surface area contributed by atoms with Crippen LogP contribution in [0.15, 0.2) is 91.2 Å². The number of amides is 1. The van der Waals surface area contributed by atoms with Gasteiger partial charge in [-0.05, 0) is 73.2 Å². The van der Waals surface area contributed by atoms with Crippen LogP contribution < -0.4 is 5.32 Å². The molecule has 3 N–H and O–H groups in total. The van der Waals surface area contributed by atoms with Gasteiger partial charge in [0.15, 0.2) is 0 Å². The summed E-state index contributed by atoms with van der Waals surface area (Å²) in [6.07, 6.45) is 6.02. The number of aliphatic hydroxyl groups excluding tert-OH is 1. The second-order valence-electron chi connectivity index (χ2n) is 10.5. The zero-order chi connectivity index (χ0) is 32.8. The van der Waals surface area contributed by atoms with Crippen LogP contribution in [-0.4, -0.2) is 40.6 Å². The van der Waals surface area contributed by atoms with E-state index in [1.54, 1.807) is 30.4 Å². The van der Waals surface area contributed by atoms with E-state index < -0.39 is 17.9 Å². The molecule has 2 radical (unpaired) electrons. The molecule has 0 unspecified atom stereocenters. The molecule has 0 fully saturated rings. The predicted octanol–water partition coefficient (Wildman–Crippen LogP) is 8.06. The number of aromatic nitrogens is 1. The monoisotopic (exact) mass is 598 g/mol. The first-order valence-electron chi connectivity index (χ1n) is 15.1. The second-order valence-corrected chi connectivity index (χ2v) is 10.5. The fraction of sp³-hybridized carbons (Fsp3) is 0.333. The Morgan fingerprint density at radius 1 is 1.07 bits per heavy atom. The number of carboxylic acid groups (broad SMARTS) is 1. The Morgan fingerprint density at radius 3 is 2.25 bits per heavy atom. The molecule has 3 aromatic rings. The van der Waals surface area contributed by atoms with Crippen LogP contribution >= 0.6 is 0 Å². The molecule has 0 spiro atoms. The molecule has 8 heteroatoms. The highest BCUT2D eigenvalue weighted by molar-refractivity contribution is 6.11. The summed E-state index contributed by atoms with van der Waals surface area (Å²) >= 11 is 0. The number of carbonyl (C=O) groups excluding carboxylic acids is 1. The highest BCUT2D eigenvalue weighted by Crippen LogP contribution is 2.42. The van der Waals surface area contributed by atoms with Crippen molar-refractivity contribution in [2.24, 2.45) is 0 Å². The number of carboxylic acids is 1. The minimum atomic E-state index is -1.09. The zero-order valence-electron chi connectivity index (χ0n) is 26.4. The van der Waals surface area contributed by atoms with Gasteiger partial charge in [0.2, 0.25) is 0 Å². The number of aliphatic hydroxyl groups is 1. The van der Waals surface area contributed by atoms with Gasteiger partial charge in [0.1, 0.15) is 5.82 Å². The predicted molar refractivity (Wildman–Crippen MR) is 178 cm³/mol. The van der Waals surface area contributed by atoms with Gasteiger partial charge in [0, 0.05) is 23.5 Å². The molecular formula is C36H44BFN2O4. The van der Waals surface area contributed by atoms with Crippen molar-refractivity contribution < 1.29 is 24.2 Å². The van der Waals surface area contributed by atoms with E-state index >= 15 is 0 Å². The lowest BCUT2D eigenvalue weighted by Gasteiger charge is -2.21. The molecule has 6 nitrogen and oxygen atoms in total. The minimum Gasteiger partial charge on any atom is -0.481 e. The molecule has 0 aliphatic carbocycles. The Hall–Kier alpha value is -4.17. The Morgan fingerprint density at radius 2 is 1.70 bits per heavy atom. The number of hydrogen-bond acceptors (Lipinski definition) is 3. The van der Waals surface area contributed by atoms with Crippen molar-refractivity contribution in [1.29, 1.82) is 0 Å². The van der Waals surface area contributed by atoms with E-state index in [0.717, 1.165) is 22.5 Å². The lowest BCUT2D eigenvalue weighted by Crippen LogP contribution is -2.24. The summed E-state index contributed by atoms with van der Waals surface area (Å²) in [7, 11) is 6.36. The fourth-order valence-corrected chi connectivity index (χ4v) is 5.18. The lowest BCUT2D eigenvalue weighted by atomic mass is 9.79. The zero-order valence-corrected chi connectivity index (χ0v) is 26.4. The third-order valence-corrected chi connectivity index (χ3v) is 6.87. The first kappa shape index (κ1) is 36.0. The van der Waals surface area contributed by atoms with Crippen LogP contribution in [-0.2, 0) is 11.3 Å². The van der Waals surface area contributed by atoms with E-state index in [1.807, 2.05) is 71.0 Å². The number of hydrogen-bond donors (Lipinski definition) is 3. The van der Waals surface area contributed by atoms with Gasteiger partial charge >= 0.3 is 5.97 Å². The normalized spacial score (nSPS) is 12.9. The highest BCUT2D eigenvalue weighted by Gasteiger charge is 2.30. The number of nitrogens with one attached hydrogen (secondary N) is 1. The molecule has 3 rings (SSSR count). The molecule has 2 atom stereocenters. The van der Waals surface area contributed by atoms with Crippen molar-refractivity contribution in [3.05, 3.63) is 108 Å². The molecular weight excluding hydrogens is 554 g/mol. The molecule has 0 saturated heterocycles. The Kier molecular flexibility index (Phi) is 14.6. The van der Waals surface area contributed by atoms with Gasteiger partial charge in [0.05, 0.1) is 31.6 Å². The molecule has 2 aromatic carbocycles. The Bertz CT molecular complexity index is 1440. The first-order valence-corrected chi connectivity index (χ1v) is 15.1. The molecule has 0 aliphatic heterocycles. The van der Waals surface area contributed by atoms with E-state index in [2.05, 4.69) is 16.5 Å². The number of halogens is 1. The van der Waals surface area contributed by atoms with Gasteiger partial charge < -0.3 is 20.1 Å². The molecule has 0 bridgehead atoms. The lowest BCUT2D eigenvalue weighted by molar-refractivity contribution is -0.139. The Labute approximate surface area is 262 Å². The molecule has 1 heterocycles. The average Bonchev–Trinajstić information content (AvgIpc) is 3.33. The van der Waals surface area contributed by atoms with Gasteiger partial charge in [-0.15, -0.1) is 0 Å². The molecule has 1 aromatic heterocycles. The van der Waals surface area contributed by atoms with E-state index in [1.165, 1.54) is 12.1 Å². The molecule has 1 amide bonds. The fourth-order valence-electron chi connectivity index (χ4n) is 5.18. The van der Waals surface area contributed by atoms with Crippen molar-refractivity contribution in [2.45, 2.75) is 78.3 Å². The largest absolute Gasteiger partial charge is 0.481 e. The van der Waals surface area contributed by atoms with Crippen LogP contribution in [0.5, 0.6) is 0 Å². The number of benzene rings is 2. The SMILES string of the molecule is CC.[B][C@H](CCn1c(-c2ccc(F)cc2)c(-c2ccccc2)c(C(=O)NC(/C=C\C)=C/C=C)c1C(C)C)C[C@@H](O)CC(=O)O. The number of aliphatic carboxylic acids is 1. The third-order valence-electron chi connectivity index (χ3n) is 6.87. The summed E-state index contributed by atoms with van der Waals surface area (Å²) in [6.45, 7) is 14.0. The van der Waals surface area contributed by atoms with E-state index in [-0.39, 0.29) is 30.5 Å². The summed E-state index contributed by atoms with van der Waals surface area (Å²) in [5, 5.41) is 22.2. The average molecular weight is 599 g/mol. The van der Waals surface area contributed by atoms with Gasteiger partial charge in [-0.25, -0.2) is 4.39 Å². The second kappa shape index (κ2) is 17.8. The number of rotatable bonds is 14. The molecule has 0 aliphatic rings. The summed E-state index contributed by atoms with van der Waals surface area (Å²) in [6, 6.07) is 15.8. The molecule has 232 valence electrons. The van der Waals surface area contributed by atoms with Crippen LogP contribution in [0.1, 0.15) is 75.9 Å². The number of carbonyl (C=O) groups is 2. The molecule has 44 heavy (non-hydrogen) atoms. The summed E-state index contributed by atoms with van der Waals surface area (Å²) in [5.41, 5.74) is 4.86. The maximum absolute atomic E-state index is 14.2. The number of allylic oxidation sites excluding steroid dienone is 4. The quantitative estimate of drug-likeness (QED) is 0.129. The van der Waals surface area contributed by atoms with E-state index in [9.17, 15) is 19.1 Å².